The molecule has 2 nitrogen and oxygen atoms in total. The Hall–Kier alpha value is -2.01. The zero-order chi connectivity index (χ0) is 21.5. The van der Waals surface area contributed by atoms with E-state index in [-0.39, 0.29) is 23.3 Å². The van der Waals surface area contributed by atoms with Crippen LogP contribution < -0.4 is 4.74 Å². The summed E-state index contributed by atoms with van der Waals surface area (Å²) in [6.45, 7) is 5.03. The Bertz CT molecular complexity index is 829. The van der Waals surface area contributed by atoms with Gasteiger partial charge in [0.25, 0.3) is 0 Å². The van der Waals surface area contributed by atoms with Gasteiger partial charge in [-0.3, -0.25) is 0 Å². The van der Waals surface area contributed by atoms with Crippen LogP contribution in [0.5, 0.6) is 5.75 Å². The highest BCUT2D eigenvalue weighted by molar-refractivity contribution is 5.66. The Balaban J connectivity index is 1.73. The van der Waals surface area contributed by atoms with Crippen molar-refractivity contribution in [2.75, 3.05) is 13.2 Å². The maximum atomic E-state index is 14.9. The highest BCUT2D eigenvalue weighted by Crippen LogP contribution is 2.35. The number of ether oxygens (including phenoxy) is 2. The predicted molar refractivity (Wildman–Crippen MR) is 113 cm³/mol. The monoisotopic (exact) mass is 420 g/mol. The molecule has 0 spiro atoms. The summed E-state index contributed by atoms with van der Waals surface area (Å²) in [6, 6.07) is 7.38. The van der Waals surface area contributed by atoms with E-state index in [1.54, 1.807) is 12.1 Å². The first-order chi connectivity index (χ1) is 14.5. The molecule has 30 heavy (non-hydrogen) atoms. The first kappa shape index (κ1) is 22.7. The molecule has 0 N–H and O–H groups in total. The molecule has 1 aliphatic rings. The summed E-state index contributed by atoms with van der Waals surface area (Å²) in [4.78, 5) is 0. The van der Waals surface area contributed by atoms with Crippen LogP contribution in [0.15, 0.2) is 30.3 Å². The third kappa shape index (κ3) is 5.37. The van der Waals surface area contributed by atoms with Crippen LogP contribution >= 0.6 is 0 Å². The molecule has 2 aromatic rings. The number of unbranched alkanes of at least 4 members (excludes halogenated alkanes) is 2. The van der Waals surface area contributed by atoms with Gasteiger partial charge in [0.2, 0.25) is 0 Å². The van der Waals surface area contributed by atoms with E-state index in [0.29, 0.717) is 24.3 Å². The average molecular weight is 421 g/mol. The van der Waals surface area contributed by atoms with Crippen molar-refractivity contribution in [1.82, 2.24) is 0 Å². The Kier molecular flexibility index (Phi) is 8.20. The van der Waals surface area contributed by atoms with Crippen molar-refractivity contribution in [2.45, 2.75) is 70.8 Å². The Morgan fingerprint density at radius 1 is 0.967 bits per heavy atom. The Labute approximate surface area is 177 Å². The molecule has 0 bridgehead atoms. The van der Waals surface area contributed by atoms with E-state index >= 15 is 0 Å². The smallest absolute Gasteiger partial charge is 0.166 e. The number of benzene rings is 2. The van der Waals surface area contributed by atoms with Crippen molar-refractivity contribution < 1.29 is 22.6 Å². The number of hydrogen-bond donors (Lipinski definition) is 0. The molecule has 2 aromatic carbocycles. The van der Waals surface area contributed by atoms with Gasteiger partial charge in [0, 0.05) is 11.5 Å². The summed E-state index contributed by atoms with van der Waals surface area (Å²) in [5, 5.41) is 0. The molecule has 1 saturated heterocycles. The lowest BCUT2D eigenvalue weighted by Gasteiger charge is -2.29. The molecule has 0 saturated carbocycles. The fourth-order valence-electron chi connectivity index (χ4n) is 4.02. The molecule has 2 atom stereocenters. The zero-order valence-electron chi connectivity index (χ0n) is 17.9. The van der Waals surface area contributed by atoms with E-state index in [4.69, 9.17) is 9.47 Å². The number of rotatable bonds is 9. The summed E-state index contributed by atoms with van der Waals surface area (Å²) >= 11 is 0. The second-order valence-electron chi connectivity index (χ2n) is 8.05. The second-order valence-corrected chi connectivity index (χ2v) is 8.05. The van der Waals surface area contributed by atoms with Crippen LogP contribution in [-0.4, -0.2) is 19.3 Å². The van der Waals surface area contributed by atoms with Crippen LogP contribution in [0.1, 0.15) is 70.3 Å². The molecule has 164 valence electrons. The fourth-order valence-corrected chi connectivity index (χ4v) is 4.02. The molecule has 2 unspecified atom stereocenters. The molecule has 1 fully saturated rings. The van der Waals surface area contributed by atoms with Crippen LogP contribution in [0.3, 0.4) is 0 Å². The summed E-state index contributed by atoms with van der Waals surface area (Å²) < 4.78 is 55.4. The van der Waals surface area contributed by atoms with Crippen molar-refractivity contribution in [3.05, 3.63) is 53.3 Å². The zero-order valence-corrected chi connectivity index (χ0v) is 17.9. The minimum Gasteiger partial charge on any atom is -0.491 e. The van der Waals surface area contributed by atoms with Gasteiger partial charge in [0.05, 0.1) is 19.3 Å². The third-order valence-electron chi connectivity index (χ3n) is 5.78. The quantitative estimate of drug-likeness (QED) is 0.393. The lowest BCUT2D eigenvalue weighted by atomic mass is 9.88. The molecular weight excluding hydrogens is 389 g/mol. The molecule has 1 heterocycles. The maximum absolute atomic E-state index is 14.9. The van der Waals surface area contributed by atoms with Gasteiger partial charge in [-0.05, 0) is 48.9 Å². The van der Waals surface area contributed by atoms with Gasteiger partial charge in [0.1, 0.15) is 0 Å². The van der Waals surface area contributed by atoms with E-state index in [9.17, 15) is 13.2 Å². The van der Waals surface area contributed by atoms with E-state index in [0.717, 1.165) is 44.9 Å². The van der Waals surface area contributed by atoms with Gasteiger partial charge in [-0.2, -0.15) is 0 Å². The van der Waals surface area contributed by atoms with Crippen LogP contribution in [0.4, 0.5) is 13.2 Å². The average Bonchev–Trinajstić information content (AvgIpc) is 2.75. The minimum atomic E-state index is -0.945. The van der Waals surface area contributed by atoms with Gasteiger partial charge in [-0.25, -0.2) is 13.2 Å². The third-order valence-corrected chi connectivity index (χ3v) is 5.78. The summed E-state index contributed by atoms with van der Waals surface area (Å²) in [6.07, 6.45) is 6.80. The molecule has 5 heteroatoms. The van der Waals surface area contributed by atoms with Crippen molar-refractivity contribution in [3.8, 4) is 16.9 Å². The molecule has 3 rings (SSSR count). The standard InChI is InChI=1S/C25H31F3O2/c1-3-5-6-14-29-23-13-9-17(15-22(23)26)20-11-12-21(25(28)24(20)27)18-8-10-19(7-4-2)30-16-18/h9,11-13,15,18-19H,3-8,10,14,16H2,1-2H3. The summed E-state index contributed by atoms with van der Waals surface area (Å²) in [5.74, 6) is -2.41. The molecular formula is C25H31F3O2. The van der Waals surface area contributed by atoms with Gasteiger partial charge in [0.15, 0.2) is 23.2 Å². The van der Waals surface area contributed by atoms with Crippen LogP contribution in [0, 0.1) is 17.5 Å². The first-order valence-corrected chi connectivity index (χ1v) is 11.1. The topological polar surface area (TPSA) is 18.5 Å². The SMILES string of the molecule is CCCCCOc1ccc(-c2ccc(C3CCC(CCC)OC3)c(F)c2F)cc1F. The second kappa shape index (κ2) is 10.9. The molecule has 0 radical (unpaired) electrons. The highest BCUT2D eigenvalue weighted by Gasteiger charge is 2.27. The summed E-state index contributed by atoms with van der Waals surface area (Å²) in [5.41, 5.74) is 0.676. The molecule has 0 aromatic heterocycles. The number of hydrogen-bond acceptors (Lipinski definition) is 2. The number of halogens is 3. The van der Waals surface area contributed by atoms with Gasteiger partial charge >= 0.3 is 0 Å². The Morgan fingerprint density at radius 3 is 2.47 bits per heavy atom. The largest absolute Gasteiger partial charge is 0.491 e. The molecule has 1 aliphatic heterocycles. The van der Waals surface area contributed by atoms with E-state index in [1.165, 1.54) is 18.2 Å². The van der Waals surface area contributed by atoms with Gasteiger partial charge in [-0.1, -0.05) is 51.3 Å². The predicted octanol–water partition coefficient (Wildman–Crippen LogP) is 7.40. The van der Waals surface area contributed by atoms with Crippen molar-refractivity contribution in [2.24, 2.45) is 0 Å². The van der Waals surface area contributed by atoms with Crippen molar-refractivity contribution in [1.29, 1.82) is 0 Å². The van der Waals surface area contributed by atoms with E-state index in [1.807, 2.05) is 0 Å². The molecule has 0 aliphatic carbocycles. The Morgan fingerprint density at radius 2 is 1.80 bits per heavy atom. The maximum Gasteiger partial charge on any atom is 0.166 e. The summed E-state index contributed by atoms with van der Waals surface area (Å²) in [7, 11) is 0. The van der Waals surface area contributed by atoms with Gasteiger partial charge in [-0.15, -0.1) is 0 Å². The van der Waals surface area contributed by atoms with Gasteiger partial charge < -0.3 is 9.47 Å². The highest BCUT2D eigenvalue weighted by atomic mass is 19.2. The fraction of sp³-hybridized carbons (Fsp3) is 0.520. The van der Waals surface area contributed by atoms with E-state index < -0.39 is 17.5 Å². The van der Waals surface area contributed by atoms with Crippen LogP contribution in [-0.2, 0) is 4.74 Å². The van der Waals surface area contributed by atoms with E-state index in [2.05, 4.69) is 13.8 Å². The lowest BCUT2D eigenvalue weighted by molar-refractivity contribution is -0.00181. The minimum absolute atomic E-state index is 0.0493. The normalized spacial score (nSPS) is 19.1. The molecule has 0 amide bonds. The van der Waals surface area contributed by atoms with Crippen molar-refractivity contribution >= 4 is 0 Å². The first-order valence-electron chi connectivity index (χ1n) is 11.1. The van der Waals surface area contributed by atoms with Crippen LogP contribution in [0.2, 0.25) is 0 Å². The van der Waals surface area contributed by atoms with Crippen LogP contribution in [0.25, 0.3) is 11.1 Å². The lowest BCUT2D eigenvalue weighted by Crippen LogP contribution is -2.25. The van der Waals surface area contributed by atoms with Crippen molar-refractivity contribution in [3.63, 3.8) is 0 Å².